The molecular weight excluding hydrogens is 501 g/mol. The minimum absolute atomic E-state index is 0.192. The van der Waals surface area contributed by atoms with Crippen molar-refractivity contribution in [2.45, 2.75) is 17.5 Å². The molecule has 7 nitrogen and oxygen atoms in total. The molecule has 0 unspecified atom stereocenters. The first-order chi connectivity index (χ1) is 18.6. The Labute approximate surface area is 223 Å². The molecule has 38 heavy (non-hydrogen) atoms. The molecule has 0 saturated heterocycles. The highest BCUT2D eigenvalue weighted by Crippen LogP contribution is 2.30. The van der Waals surface area contributed by atoms with Gasteiger partial charge in [0, 0.05) is 41.5 Å². The van der Waals surface area contributed by atoms with Crippen molar-refractivity contribution < 1.29 is 13.9 Å². The maximum Gasteiger partial charge on any atom is 0.251 e. The zero-order valence-corrected chi connectivity index (χ0v) is 21.4. The number of aromatic nitrogens is 4. The number of amides is 1. The van der Waals surface area contributed by atoms with Crippen LogP contribution < -0.4 is 10.1 Å². The number of nitrogens with one attached hydrogen (secondary N) is 1. The number of carbonyl (C=O) groups excluding carboxylic acids is 1. The van der Waals surface area contributed by atoms with E-state index in [0.717, 1.165) is 28.1 Å². The van der Waals surface area contributed by atoms with E-state index in [1.807, 2.05) is 59.2 Å². The molecule has 0 spiro atoms. The molecular formula is C29H24FN5O2S. The molecule has 0 fully saturated rings. The van der Waals surface area contributed by atoms with Crippen LogP contribution in [0.15, 0.2) is 102 Å². The van der Waals surface area contributed by atoms with Crippen LogP contribution in [0.3, 0.4) is 0 Å². The molecule has 0 atom stereocenters. The molecule has 2 aromatic heterocycles. The van der Waals surface area contributed by atoms with E-state index in [0.29, 0.717) is 28.8 Å². The summed E-state index contributed by atoms with van der Waals surface area (Å²) in [6, 6.07) is 25.0. The fourth-order valence-electron chi connectivity index (χ4n) is 3.85. The van der Waals surface area contributed by atoms with Gasteiger partial charge in [-0.15, -0.1) is 10.2 Å². The lowest BCUT2D eigenvalue weighted by molar-refractivity contribution is 0.0951. The molecule has 0 saturated carbocycles. The van der Waals surface area contributed by atoms with Crippen LogP contribution >= 0.6 is 11.8 Å². The number of rotatable bonds is 9. The zero-order valence-electron chi connectivity index (χ0n) is 20.5. The van der Waals surface area contributed by atoms with Gasteiger partial charge in [-0.1, -0.05) is 36.0 Å². The summed E-state index contributed by atoms with van der Waals surface area (Å²) in [5.74, 6) is 1.55. The maximum atomic E-state index is 13.1. The third kappa shape index (κ3) is 5.90. The zero-order chi connectivity index (χ0) is 26.3. The van der Waals surface area contributed by atoms with Crippen LogP contribution in [0.5, 0.6) is 5.75 Å². The van der Waals surface area contributed by atoms with Gasteiger partial charge in [-0.25, -0.2) is 4.39 Å². The molecule has 9 heteroatoms. The molecule has 0 aliphatic carbocycles. The summed E-state index contributed by atoms with van der Waals surface area (Å²) in [6.07, 6.45) is 3.45. The lowest BCUT2D eigenvalue weighted by Crippen LogP contribution is -2.22. The van der Waals surface area contributed by atoms with E-state index in [4.69, 9.17) is 4.74 Å². The molecule has 5 rings (SSSR count). The number of carbonyl (C=O) groups is 1. The standard InChI is InChI=1S/C29H24FN5O2S/c1-37-26-11-9-25(10-12-26)35-27(22-13-15-31-16-14-22)33-34-29(35)38-19-21-3-2-4-23(17-21)28(36)32-18-20-5-7-24(30)8-6-20/h2-17H,18-19H2,1H3,(H,32,36). The predicted molar refractivity (Wildman–Crippen MR) is 145 cm³/mol. The van der Waals surface area contributed by atoms with Gasteiger partial charge in [-0.3, -0.25) is 14.3 Å². The molecule has 5 aromatic rings. The summed E-state index contributed by atoms with van der Waals surface area (Å²) in [5, 5.41) is 12.5. The molecule has 1 amide bonds. The van der Waals surface area contributed by atoms with E-state index in [1.54, 1.807) is 37.7 Å². The van der Waals surface area contributed by atoms with Crippen molar-refractivity contribution in [1.82, 2.24) is 25.1 Å². The molecule has 3 aromatic carbocycles. The topological polar surface area (TPSA) is 81.9 Å². The average Bonchev–Trinajstić information content (AvgIpc) is 3.40. The van der Waals surface area contributed by atoms with E-state index in [-0.39, 0.29) is 11.7 Å². The van der Waals surface area contributed by atoms with Gasteiger partial charge in [-0.05, 0) is 71.8 Å². The molecule has 0 radical (unpaired) electrons. The minimum atomic E-state index is -0.305. The summed E-state index contributed by atoms with van der Waals surface area (Å²) in [5.41, 5.74) is 4.15. The summed E-state index contributed by atoms with van der Waals surface area (Å²) < 4.78 is 20.4. The van der Waals surface area contributed by atoms with E-state index < -0.39 is 0 Å². The monoisotopic (exact) mass is 525 g/mol. The van der Waals surface area contributed by atoms with Crippen molar-refractivity contribution >= 4 is 17.7 Å². The molecule has 2 heterocycles. The summed E-state index contributed by atoms with van der Waals surface area (Å²) in [6.45, 7) is 0.320. The predicted octanol–water partition coefficient (Wildman–Crippen LogP) is 5.70. The van der Waals surface area contributed by atoms with Gasteiger partial charge in [0.1, 0.15) is 11.6 Å². The minimum Gasteiger partial charge on any atom is -0.497 e. The van der Waals surface area contributed by atoms with Gasteiger partial charge in [0.25, 0.3) is 5.91 Å². The highest BCUT2D eigenvalue weighted by Gasteiger charge is 2.17. The first-order valence-electron chi connectivity index (χ1n) is 11.9. The summed E-state index contributed by atoms with van der Waals surface area (Å²) in [7, 11) is 1.63. The van der Waals surface area contributed by atoms with E-state index in [1.165, 1.54) is 23.9 Å². The third-order valence-electron chi connectivity index (χ3n) is 5.83. The Morgan fingerprint density at radius 2 is 1.71 bits per heavy atom. The van der Waals surface area contributed by atoms with E-state index >= 15 is 0 Å². The van der Waals surface area contributed by atoms with Crippen molar-refractivity contribution in [3.05, 3.63) is 120 Å². The number of ether oxygens (including phenoxy) is 1. The van der Waals surface area contributed by atoms with E-state index in [2.05, 4.69) is 20.5 Å². The second-order valence-electron chi connectivity index (χ2n) is 8.37. The maximum absolute atomic E-state index is 13.1. The van der Waals surface area contributed by atoms with Gasteiger partial charge < -0.3 is 10.1 Å². The quantitative estimate of drug-likeness (QED) is 0.249. The summed E-state index contributed by atoms with van der Waals surface area (Å²) in [4.78, 5) is 16.8. The van der Waals surface area contributed by atoms with Crippen LogP contribution in [0, 0.1) is 5.82 Å². The molecule has 0 aliphatic heterocycles. The largest absolute Gasteiger partial charge is 0.497 e. The smallest absolute Gasteiger partial charge is 0.251 e. The average molecular weight is 526 g/mol. The highest BCUT2D eigenvalue weighted by molar-refractivity contribution is 7.98. The van der Waals surface area contributed by atoms with Crippen LogP contribution in [0.4, 0.5) is 4.39 Å². The molecule has 0 aliphatic rings. The normalized spacial score (nSPS) is 10.8. The SMILES string of the molecule is COc1ccc(-n2c(SCc3cccc(C(=O)NCc4ccc(F)cc4)c3)nnc2-c2ccncc2)cc1. The second-order valence-corrected chi connectivity index (χ2v) is 9.32. The van der Waals surface area contributed by atoms with Crippen molar-refractivity contribution in [2.75, 3.05) is 7.11 Å². The third-order valence-corrected chi connectivity index (χ3v) is 6.83. The first kappa shape index (κ1) is 25.2. The number of thioether (sulfide) groups is 1. The Morgan fingerprint density at radius 1 is 0.947 bits per heavy atom. The first-order valence-corrected chi connectivity index (χ1v) is 12.8. The lowest BCUT2D eigenvalue weighted by atomic mass is 10.1. The number of hydrogen-bond donors (Lipinski definition) is 1. The summed E-state index contributed by atoms with van der Waals surface area (Å²) >= 11 is 1.53. The van der Waals surface area contributed by atoms with Crippen molar-refractivity contribution in [1.29, 1.82) is 0 Å². The number of methoxy groups -OCH3 is 1. The number of halogens is 1. The van der Waals surface area contributed by atoms with Crippen LogP contribution in [0.25, 0.3) is 17.1 Å². The van der Waals surface area contributed by atoms with Crippen LogP contribution in [0.2, 0.25) is 0 Å². The van der Waals surface area contributed by atoms with Gasteiger partial charge >= 0.3 is 0 Å². The number of nitrogens with zero attached hydrogens (tertiary/aromatic N) is 4. The van der Waals surface area contributed by atoms with Crippen molar-refractivity contribution in [2.24, 2.45) is 0 Å². The van der Waals surface area contributed by atoms with Gasteiger partial charge in [-0.2, -0.15) is 0 Å². The van der Waals surface area contributed by atoms with Crippen LogP contribution in [-0.2, 0) is 12.3 Å². The second kappa shape index (κ2) is 11.7. The molecule has 0 bridgehead atoms. The Hall–Kier alpha value is -4.50. The molecule has 1 N–H and O–H groups in total. The van der Waals surface area contributed by atoms with Gasteiger partial charge in [0.15, 0.2) is 11.0 Å². The Kier molecular flexibility index (Phi) is 7.75. The molecule has 190 valence electrons. The van der Waals surface area contributed by atoms with Gasteiger partial charge in [0.2, 0.25) is 0 Å². The van der Waals surface area contributed by atoms with Crippen LogP contribution in [0.1, 0.15) is 21.5 Å². The Balaban J connectivity index is 1.34. The Morgan fingerprint density at radius 3 is 2.45 bits per heavy atom. The lowest BCUT2D eigenvalue weighted by Gasteiger charge is -2.11. The fourth-order valence-corrected chi connectivity index (χ4v) is 4.75. The number of pyridine rings is 1. The van der Waals surface area contributed by atoms with Crippen molar-refractivity contribution in [3.63, 3.8) is 0 Å². The number of benzene rings is 3. The highest BCUT2D eigenvalue weighted by atomic mass is 32.2. The van der Waals surface area contributed by atoms with Crippen LogP contribution in [-0.4, -0.2) is 32.8 Å². The van der Waals surface area contributed by atoms with E-state index in [9.17, 15) is 9.18 Å². The Bertz CT molecular complexity index is 1520. The number of hydrogen-bond acceptors (Lipinski definition) is 6. The fraction of sp³-hybridized carbons (Fsp3) is 0.103. The van der Waals surface area contributed by atoms with Crippen molar-refractivity contribution in [3.8, 4) is 22.8 Å². The van der Waals surface area contributed by atoms with Gasteiger partial charge in [0.05, 0.1) is 7.11 Å².